The Morgan fingerprint density at radius 3 is 2.29 bits per heavy atom. The molecule has 1 aliphatic heterocycles. The summed E-state index contributed by atoms with van der Waals surface area (Å²) in [6, 6.07) is 0. The van der Waals surface area contributed by atoms with Gasteiger partial charge in [0, 0.05) is 19.4 Å². The molecule has 160 valence electrons. The second-order valence-electron chi connectivity index (χ2n) is 7.21. The van der Waals surface area contributed by atoms with Crippen LogP contribution >= 0.6 is 0 Å². The maximum Gasteiger partial charge on any atom is 0.316 e. The molecule has 7 nitrogen and oxygen atoms in total. The molecule has 0 aromatic carbocycles. The van der Waals surface area contributed by atoms with Crippen LogP contribution in [0.5, 0.6) is 0 Å². The zero-order chi connectivity index (χ0) is 20.6. The minimum absolute atomic E-state index is 0.00157. The highest BCUT2D eigenvalue weighted by Crippen LogP contribution is 2.17. The van der Waals surface area contributed by atoms with Crippen molar-refractivity contribution >= 4 is 23.6 Å². The van der Waals surface area contributed by atoms with Crippen molar-refractivity contribution in [3.8, 4) is 0 Å². The number of carbonyl (C=O) groups is 4. The lowest BCUT2D eigenvalue weighted by atomic mass is 9.94. The van der Waals surface area contributed by atoms with Crippen molar-refractivity contribution in [2.45, 2.75) is 84.0 Å². The topological polar surface area (TPSA) is 98.8 Å². The van der Waals surface area contributed by atoms with E-state index in [2.05, 4.69) is 5.32 Å². The molecule has 1 atom stereocenters. The molecule has 1 heterocycles. The van der Waals surface area contributed by atoms with E-state index in [1.54, 1.807) is 6.92 Å². The van der Waals surface area contributed by atoms with E-state index in [-0.39, 0.29) is 44.3 Å². The number of amides is 1. The van der Waals surface area contributed by atoms with Gasteiger partial charge < -0.3 is 14.8 Å². The summed E-state index contributed by atoms with van der Waals surface area (Å²) in [7, 11) is 0. The monoisotopic (exact) mass is 397 g/mol. The summed E-state index contributed by atoms with van der Waals surface area (Å²) in [5, 5.41) is 2.71. The van der Waals surface area contributed by atoms with Gasteiger partial charge in [-0.1, -0.05) is 44.9 Å². The van der Waals surface area contributed by atoms with Gasteiger partial charge >= 0.3 is 11.9 Å². The Morgan fingerprint density at radius 2 is 1.61 bits per heavy atom. The standard InChI is InChI=1S/C21H35NO6/c1-2-27-21(26)17-11-9-7-5-3-4-6-8-10-12-19(24)22-15-13-20(25)28-16-14-18(17)23/h17H,2-16H2,1H3,(H,22,24). The molecule has 0 spiro atoms. The van der Waals surface area contributed by atoms with Gasteiger partial charge in [0.15, 0.2) is 0 Å². The molecular weight excluding hydrogens is 362 g/mol. The van der Waals surface area contributed by atoms with E-state index in [0.717, 1.165) is 51.4 Å². The highest BCUT2D eigenvalue weighted by atomic mass is 16.5. The molecule has 7 heteroatoms. The van der Waals surface area contributed by atoms with Gasteiger partial charge in [0.05, 0.1) is 19.6 Å². The molecule has 1 aliphatic rings. The SMILES string of the molecule is CCOC(=O)C1CCCCCCCCCCC(=O)NCCC(=O)OCCC1=O. The van der Waals surface area contributed by atoms with E-state index in [1.807, 2.05) is 0 Å². The first kappa shape index (κ1) is 24.1. The molecule has 1 rings (SSSR count). The van der Waals surface area contributed by atoms with Crippen LogP contribution in [0.25, 0.3) is 0 Å². The Kier molecular flexibility index (Phi) is 13.0. The van der Waals surface area contributed by atoms with Gasteiger partial charge in [-0.05, 0) is 19.8 Å². The van der Waals surface area contributed by atoms with Crippen LogP contribution in [-0.4, -0.2) is 43.4 Å². The largest absolute Gasteiger partial charge is 0.465 e. The first-order valence-corrected chi connectivity index (χ1v) is 10.7. The van der Waals surface area contributed by atoms with Gasteiger partial charge in [-0.15, -0.1) is 0 Å². The van der Waals surface area contributed by atoms with Gasteiger partial charge in [0.1, 0.15) is 11.7 Å². The summed E-state index contributed by atoms with van der Waals surface area (Å²) in [4.78, 5) is 47.9. The summed E-state index contributed by atoms with van der Waals surface area (Å²) in [5.41, 5.74) is 0. The van der Waals surface area contributed by atoms with Crippen LogP contribution in [0, 0.1) is 5.92 Å². The van der Waals surface area contributed by atoms with Gasteiger partial charge in [-0.25, -0.2) is 0 Å². The number of rotatable bonds is 2. The fourth-order valence-electron chi connectivity index (χ4n) is 3.25. The van der Waals surface area contributed by atoms with Crippen LogP contribution in [0.15, 0.2) is 0 Å². The smallest absolute Gasteiger partial charge is 0.316 e. The van der Waals surface area contributed by atoms with E-state index in [9.17, 15) is 19.2 Å². The summed E-state index contributed by atoms with van der Waals surface area (Å²) in [5.74, 6) is -2.01. The van der Waals surface area contributed by atoms with Gasteiger partial charge in [0.2, 0.25) is 5.91 Å². The van der Waals surface area contributed by atoms with Crippen molar-refractivity contribution in [3.05, 3.63) is 0 Å². The predicted molar refractivity (Wildman–Crippen MR) is 105 cm³/mol. The Hall–Kier alpha value is -1.92. The molecule has 0 aromatic heterocycles. The number of cyclic esters (lactones) is 1. The number of esters is 2. The molecule has 1 N–H and O–H groups in total. The van der Waals surface area contributed by atoms with Gasteiger partial charge in [0.25, 0.3) is 0 Å². The molecular formula is C21H35NO6. The Morgan fingerprint density at radius 1 is 0.964 bits per heavy atom. The molecule has 0 saturated carbocycles. The van der Waals surface area contributed by atoms with Gasteiger partial charge in [-0.3, -0.25) is 19.2 Å². The van der Waals surface area contributed by atoms with Crippen LogP contribution in [0.4, 0.5) is 0 Å². The Bertz CT molecular complexity index is 505. The third-order valence-corrected chi connectivity index (χ3v) is 4.87. The van der Waals surface area contributed by atoms with E-state index in [0.29, 0.717) is 12.8 Å². The Labute approximate surface area is 167 Å². The zero-order valence-corrected chi connectivity index (χ0v) is 17.1. The number of hydrogen-bond donors (Lipinski definition) is 1. The lowest BCUT2D eigenvalue weighted by Gasteiger charge is -2.15. The fourth-order valence-corrected chi connectivity index (χ4v) is 3.25. The third kappa shape index (κ3) is 11.0. The number of ketones is 1. The number of carbonyl (C=O) groups excluding carboxylic acids is 4. The van der Waals surface area contributed by atoms with Crippen LogP contribution in [0.2, 0.25) is 0 Å². The molecule has 0 bridgehead atoms. The summed E-state index contributed by atoms with van der Waals surface area (Å²) in [6.45, 7) is 2.14. The van der Waals surface area contributed by atoms with E-state index in [4.69, 9.17) is 9.47 Å². The van der Waals surface area contributed by atoms with Crippen LogP contribution < -0.4 is 5.32 Å². The average molecular weight is 398 g/mol. The molecule has 1 saturated heterocycles. The van der Waals surface area contributed by atoms with Crippen molar-refractivity contribution in [2.24, 2.45) is 5.92 Å². The van der Waals surface area contributed by atoms with Crippen molar-refractivity contribution in [1.29, 1.82) is 0 Å². The molecule has 1 amide bonds. The predicted octanol–water partition coefficient (Wildman–Crippen LogP) is 3.09. The Balaban J connectivity index is 2.55. The number of Topliss-reactive ketones (excluding diaryl/α,β-unsaturated/α-hetero) is 1. The van der Waals surface area contributed by atoms with Crippen LogP contribution in [-0.2, 0) is 28.7 Å². The van der Waals surface area contributed by atoms with Gasteiger partial charge in [-0.2, -0.15) is 0 Å². The third-order valence-electron chi connectivity index (χ3n) is 4.87. The van der Waals surface area contributed by atoms with Crippen molar-refractivity contribution < 1.29 is 28.7 Å². The summed E-state index contributed by atoms with van der Waals surface area (Å²) >= 11 is 0. The molecule has 1 unspecified atom stereocenters. The summed E-state index contributed by atoms with van der Waals surface area (Å²) in [6.07, 6.45) is 9.13. The molecule has 0 aliphatic carbocycles. The molecule has 0 radical (unpaired) electrons. The molecule has 1 fully saturated rings. The minimum atomic E-state index is -0.775. The highest BCUT2D eigenvalue weighted by Gasteiger charge is 2.27. The van der Waals surface area contributed by atoms with E-state index < -0.39 is 17.9 Å². The molecule has 0 aromatic rings. The highest BCUT2D eigenvalue weighted by molar-refractivity contribution is 5.99. The zero-order valence-electron chi connectivity index (χ0n) is 17.1. The number of nitrogens with one attached hydrogen (secondary N) is 1. The quantitative estimate of drug-likeness (QED) is 0.568. The van der Waals surface area contributed by atoms with E-state index >= 15 is 0 Å². The van der Waals surface area contributed by atoms with Crippen molar-refractivity contribution in [1.82, 2.24) is 5.32 Å². The van der Waals surface area contributed by atoms with Crippen molar-refractivity contribution in [2.75, 3.05) is 19.8 Å². The normalized spacial score (nSPS) is 22.6. The van der Waals surface area contributed by atoms with E-state index in [1.165, 1.54) is 0 Å². The number of hydrogen-bond acceptors (Lipinski definition) is 6. The van der Waals surface area contributed by atoms with Crippen LogP contribution in [0.3, 0.4) is 0 Å². The van der Waals surface area contributed by atoms with Crippen molar-refractivity contribution in [3.63, 3.8) is 0 Å². The first-order valence-electron chi connectivity index (χ1n) is 10.7. The first-order chi connectivity index (χ1) is 13.5. The minimum Gasteiger partial charge on any atom is -0.465 e. The fraction of sp³-hybridized carbons (Fsp3) is 0.810. The lowest BCUT2D eigenvalue weighted by molar-refractivity contribution is -0.152. The summed E-state index contributed by atoms with van der Waals surface area (Å²) < 4.78 is 10.1. The number of ether oxygens (including phenoxy) is 2. The lowest BCUT2D eigenvalue weighted by Crippen LogP contribution is -2.28. The second-order valence-corrected chi connectivity index (χ2v) is 7.21. The maximum atomic E-state index is 12.4. The molecule has 28 heavy (non-hydrogen) atoms. The van der Waals surface area contributed by atoms with Crippen LogP contribution in [0.1, 0.15) is 84.0 Å². The maximum absolute atomic E-state index is 12.4. The average Bonchev–Trinajstić information content (AvgIpc) is 2.65. The second kappa shape index (κ2) is 15.1.